The molecule has 0 saturated heterocycles. The Hall–Kier alpha value is -6.18. The molecule has 0 bridgehead atoms. The molecule has 0 radical (unpaired) electrons. The van der Waals surface area contributed by atoms with E-state index in [-0.39, 0.29) is 0 Å². The molecule has 0 aliphatic heterocycles. The highest BCUT2D eigenvalue weighted by Gasteiger charge is 2.49. The zero-order valence-corrected chi connectivity index (χ0v) is 26.5. The van der Waals surface area contributed by atoms with Crippen LogP contribution in [0, 0.1) is 0 Å². The number of hydrogen-bond acceptors (Lipinski definition) is 1. The van der Waals surface area contributed by atoms with Crippen LogP contribution in [0.5, 0.6) is 0 Å². The van der Waals surface area contributed by atoms with Crippen molar-refractivity contribution in [2.75, 3.05) is 4.90 Å². The minimum absolute atomic E-state index is 0.527. The van der Waals surface area contributed by atoms with E-state index in [0.29, 0.717) is 0 Å². The number of para-hydroxylation sites is 2. The van der Waals surface area contributed by atoms with E-state index in [9.17, 15) is 0 Å². The molecule has 9 rings (SSSR count). The lowest BCUT2D eigenvalue weighted by Gasteiger charge is -2.36. The molecule has 1 aliphatic carbocycles. The standard InChI is InChI=1S/C47H33N/c1-6-20-34(21-7-1)43-44-41-32-18-19-33-42(41)47(35-22-8-2-9-23-35,36-24-10-3-11-25-36)45(44)39-30-16-17-31-40(39)46(43)48(37-26-12-4-13-27-37)38-28-14-5-15-29-38/h1-33H. The van der Waals surface area contributed by atoms with Gasteiger partial charge < -0.3 is 4.90 Å². The van der Waals surface area contributed by atoms with E-state index in [2.05, 4.69) is 205 Å². The summed E-state index contributed by atoms with van der Waals surface area (Å²) in [6, 6.07) is 72.9. The number of benzene rings is 8. The lowest BCUT2D eigenvalue weighted by molar-refractivity contribution is 0.775. The maximum absolute atomic E-state index is 2.46. The number of anilines is 3. The van der Waals surface area contributed by atoms with Gasteiger partial charge in [-0.3, -0.25) is 0 Å². The molecule has 1 nitrogen and oxygen atoms in total. The summed E-state index contributed by atoms with van der Waals surface area (Å²) in [5, 5.41) is 2.47. The maximum Gasteiger partial charge on any atom is 0.0719 e. The first-order valence-corrected chi connectivity index (χ1v) is 16.6. The van der Waals surface area contributed by atoms with Crippen molar-refractivity contribution in [3.05, 3.63) is 222 Å². The van der Waals surface area contributed by atoms with Crippen LogP contribution in [0.25, 0.3) is 33.0 Å². The minimum atomic E-state index is -0.527. The number of rotatable bonds is 6. The Labute approximate surface area is 282 Å². The predicted molar refractivity (Wildman–Crippen MR) is 201 cm³/mol. The Morgan fingerprint density at radius 3 is 1.35 bits per heavy atom. The molecule has 0 spiro atoms. The first-order valence-electron chi connectivity index (χ1n) is 16.6. The summed E-state index contributed by atoms with van der Waals surface area (Å²) in [6.45, 7) is 0. The van der Waals surface area contributed by atoms with Gasteiger partial charge in [-0.1, -0.05) is 176 Å². The van der Waals surface area contributed by atoms with Crippen LogP contribution in [0.1, 0.15) is 22.3 Å². The zero-order valence-electron chi connectivity index (χ0n) is 26.5. The van der Waals surface area contributed by atoms with Gasteiger partial charge in [0.1, 0.15) is 0 Å². The Bertz CT molecular complexity index is 2290. The van der Waals surface area contributed by atoms with Gasteiger partial charge >= 0.3 is 0 Å². The minimum Gasteiger partial charge on any atom is -0.309 e. The number of hydrogen-bond donors (Lipinski definition) is 0. The Kier molecular flexibility index (Phi) is 6.76. The van der Waals surface area contributed by atoms with Gasteiger partial charge in [0.15, 0.2) is 0 Å². The van der Waals surface area contributed by atoms with E-state index in [0.717, 1.165) is 11.4 Å². The van der Waals surface area contributed by atoms with Crippen molar-refractivity contribution in [1.82, 2.24) is 0 Å². The average Bonchev–Trinajstić information content (AvgIpc) is 3.49. The van der Waals surface area contributed by atoms with E-state index in [1.807, 2.05) is 0 Å². The fourth-order valence-electron chi connectivity index (χ4n) is 8.06. The lowest BCUT2D eigenvalue weighted by atomic mass is 9.66. The third kappa shape index (κ3) is 4.18. The van der Waals surface area contributed by atoms with Crippen molar-refractivity contribution in [2.45, 2.75) is 5.41 Å². The molecule has 8 aromatic carbocycles. The average molecular weight is 612 g/mol. The first kappa shape index (κ1) is 28.1. The second-order valence-corrected chi connectivity index (χ2v) is 12.4. The van der Waals surface area contributed by atoms with E-state index in [4.69, 9.17) is 0 Å². The topological polar surface area (TPSA) is 3.24 Å². The molecule has 226 valence electrons. The molecule has 48 heavy (non-hydrogen) atoms. The second-order valence-electron chi connectivity index (χ2n) is 12.4. The molecule has 0 unspecified atom stereocenters. The molecule has 0 fully saturated rings. The van der Waals surface area contributed by atoms with Crippen molar-refractivity contribution >= 4 is 27.8 Å². The van der Waals surface area contributed by atoms with Crippen LogP contribution in [0.2, 0.25) is 0 Å². The normalized spacial score (nSPS) is 12.8. The SMILES string of the molecule is c1ccc(-c2c3c(c4ccccc4c2N(c2ccccc2)c2ccccc2)C(c2ccccc2)(c2ccccc2)c2ccccc2-3)cc1. The van der Waals surface area contributed by atoms with E-state index < -0.39 is 5.41 Å². The Balaban J connectivity index is 1.55. The number of fused-ring (bicyclic) bond motifs is 5. The molecule has 0 aromatic heterocycles. The molecule has 0 heterocycles. The summed E-state index contributed by atoms with van der Waals surface area (Å²) in [5.74, 6) is 0. The van der Waals surface area contributed by atoms with Gasteiger partial charge in [-0.2, -0.15) is 0 Å². The van der Waals surface area contributed by atoms with Crippen molar-refractivity contribution < 1.29 is 0 Å². The predicted octanol–water partition coefficient (Wildman–Crippen LogP) is 12.3. The highest BCUT2D eigenvalue weighted by molar-refractivity contribution is 6.16. The molecule has 0 amide bonds. The van der Waals surface area contributed by atoms with Gasteiger partial charge in [0.2, 0.25) is 0 Å². The maximum atomic E-state index is 2.46. The van der Waals surface area contributed by atoms with Gasteiger partial charge in [0.05, 0.1) is 11.1 Å². The van der Waals surface area contributed by atoms with E-state index >= 15 is 0 Å². The quantitative estimate of drug-likeness (QED) is 0.181. The summed E-state index contributed by atoms with van der Waals surface area (Å²) in [7, 11) is 0. The Morgan fingerprint density at radius 2 is 0.792 bits per heavy atom. The largest absolute Gasteiger partial charge is 0.309 e. The van der Waals surface area contributed by atoms with E-state index in [1.165, 1.54) is 61.0 Å². The van der Waals surface area contributed by atoms with Crippen LogP contribution in [0.15, 0.2) is 200 Å². The molecule has 0 N–H and O–H groups in total. The van der Waals surface area contributed by atoms with E-state index in [1.54, 1.807) is 0 Å². The monoisotopic (exact) mass is 611 g/mol. The summed E-state index contributed by atoms with van der Waals surface area (Å²) in [5.41, 5.74) is 13.1. The van der Waals surface area contributed by atoms with Gasteiger partial charge in [-0.15, -0.1) is 0 Å². The van der Waals surface area contributed by atoms with Crippen molar-refractivity contribution in [1.29, 1.82) is 0 Å². The molecule has 1 aliphatic rings. The highest BCUT2D eigenvalue weighted by atomic mass is 15.1. The molecular formula is C47H33N. The lowest BCUT2D eigenvalue weighted by Crippen LogP contribution is -2.29. The third-order valence-electron chi connectivity index (χ3n) is 9.89. The van der Waals surface area contributed by atoms with Gasteiger partial charge in [0.25, 0.3) is 0 Å². The molecular weight excluding hydrogens is 579 g/mol. The van der Waals surface area contributed by atoms with Crippen molar-refractivity contribution in [3.8, 4) is 22.3 Å². The number of nitrogens with zero attached hydrogens (tertiary/aromatic N) is 1. The molecule has 8 aromatic rings. The molecule has 0 atom stereocenters. The van der Waals surface area contributed by atoms with Crippen LogP contribution < -0.4 is 4.90 Å². The summed E-state index contributed by atoms with van der Waals surface area (Å²) in [4.78, 5) is 2.46. The third-order valence-corrected chi connectivity index (χ3v) is 9.89. The van der Waals surface area contributed by atoms with Crippen molar-refractivity contribution in [2.24, 2.45) is 0 Å². The fourth-order valence-corrected chi connectivity index (χ4v) is 8.06. The highest BCUT2D eigenvalue weighted by Crippen LogP contribution is 2.63. The summed E-state index contributed by atoms with van der Waals surface area (Å²) < 4.78 is 0. The summed E-state index contributed by atoms with van der Waals surface area (Å²) >= 11 is 0. The van der Waals surface area contributed by atoms with Gasteiger partial charge in [-0.05, 0) is 68.6 Å². The van der Waals surface area contributed by atoms with Gasteiger partial charge in [0, 0.05) is 22.3 Å². The second kappa shape index (κ2) is 11.6. The molecule has 0 saturated carbocycles. The van der Waals surface area contributed by atoms with Crippen LogP contribution in [0.3, 0.4) is 0 Å². The first-order chi connectivity index (χ1) is 23.9. The Morgan fingerprint density at radius 1 is 0.354 bits per heavy atom. The smallest absolute Gasteiger partial charge is 0.0719 e. The van der Waals surface area contributed by atoms with Crippen molar-refractivity contribution in [3.63, 3.8) is 0 Å². The molecule has 1 heteroatoms. The zero-order chi connectivity index (χ0) is 31.9. The van der Waals surface area contributed by atoms with Crippen LogP contribution in [0.4, 0.5) is 17.1 Å². The van der Waals surface area contributed by atoms with Gasteiger partial charge in [-0.25, -0.2) is 0 Å². The van der Waals surface area contributed by atoms with Crippen LogP contribution in [-0.2, 0) is 5.41 Å². The summed E-state index contributed by atoms with van der Waals surface area (Å²) in [6.07, 6.45) is 0. The van der Waals surface area contributed by atoms with Crippen LogP contribution >= 0.6 is 0 Å². The van der Waals surface area contributed by atoms with Crippen LogP contribution in [-0.4, -0.2) is 0 Å². The fraction of sp³-hybridized carbons (Fsp3) is 0.0213.